The first-order valence-electron chi connectivity index (χ1n) is 12.6. The van der Waals surface area contributed by atoms with Crippen LogP contribution in [0.3, 0.4) is 0 Å². The molecule has 0 bridgehead atoms. The molecule has 0 unspecified atom stereocenters. The van der Waals surface area contributed by atoms with E-state index in [9.17, 15) is 22.0 Å². The van der Waals surface area contributed by atoms with E-state index in [1.807, 2.05) is 49.4 Å². The molecule has 0 aliphatic carbocycles. The van der Waals surface area contributed by atoms with Crippen LogP contribution in [0.15, 0.2) is 77.1 Å². The number of nitrogens with one attached hydrogen (secondary N) is 2. The number of alkyl halides is 2. The van der Waals surface area contributed by atoms with Crippen molar-refractivity contribution in [2.24, 2.45) is 0 Å². The molecule has 1 aliphatic heterocycles. The van der Waals surface area contributed by atoms with Crippen LogP contribution >= 0.6 is 22.9 Å². The number of sulfonamides is 1. The van der Waals surface area contributed by atoms with Gasteiger partial charge in [-0.25, -0.2) is 22.2 Å². The largest absolute Gasteiger partial charge is 0.364 e. The van der Waals surface area contributed by atoms with Gasteiger partial charge in [-0.2, -0.15) is 4.31 Å². The summed E-state index contributed by atoms with van der Waals surface area (Å²) < 4.78 is 55.7. The van der Waals surface area contributed by atoms with E-state index in [4.69, 9.17) is 16.6 Å². The van der Waals surface area contributed by atoms with Gasteiger partial charge in [-0.3, -0.25) is 9.78 Å². The second kappa shape index (κ2) is 11.8. The van der Waals surface area contributed by atoms with Gasteiger partial charge in [-0.05, 0) is 48.9 Å². The molecule has 1 saturated heterocycles. The lowest BCUT2D eigenvalue weighted by Crippen LogP contribution is -2.45. The van der Waals surface area contributed by atoms with Gasteiger partial charge in [0.2, 0.25) is 5.91 Å². The van der Waals surface area contributed by atoms with Crippen molar-refractivity contribution in [3.05, 3.63) is 94.1 Å². The number of benzene rings is 1. The van der Waals surface area contributed by atoms with E-state index in [2.05, 4.69) is 15.6 Å². The molecule has 2 N–H and O–H groups in total. The van der Waals surface area contributed by atoms with Crippen LogP contribution in [-0.2, 0) is 27.9 Å². The molecule has 8 nitrogen and oxygen atoms in total. The number of anilines is 1. The predicted molar refractivity (Wildman–Crippen MR) is 154 cm³/mol. The molecule has 1 aliphatic rings. The van der Waals surface area contributed by atoms with Crippen molar-refractivity contribution < 1.29 is 22.0 Å². The molecule has 0 spiro atoms. The van der Waals surface area contributed by atoms with Gasteiger partial charge in [0.15, 0.2) is 0 Å². The van der Waals surface area contributed by atoms with E-state index in [0.29, 0.717) is 27.9 Å². The highest BCUT2D eigenvalue weighted by atomic mass is 35.5. The summed E-state index contributed by atoms with van der Waals surface area (Å²) in [5, 5.41) is 5.90. The smallest absolute Gasteiger partial charge is 0.263 e. The number of carbonyl (C=O) groups excluding carboxylic acids is 1. The number of hydrogen-bond acceptors (Lipinski definition) is 7. The van der Waals surface area contributed by atoms with Gasteiger partial charge in [0, 0.05) is 24.7 Å². The van der Waals surface area contributed by atoms with Gasteiger partial charge in [0.05, 0.1) is 28.8 Å². The number of halogens is 3. The molecule has 5 rings (SSSR count). The van der Waals surface area contributed by atoms with Gasteiger partial charge in [0.1, 0.15) is 16.1 Å². The molecule has 0 saturated carbocycles. The molecule has 1 atom stereocenters. The van der Waals surface area contributed by atoms with Crippen molar-refractivity contribution in [2.45, 2.75) is 42.6 Å². The zero-order chi connectivity index (χ0) is 29.2. The summed E-state index contributed by atoms with van der Waals surface area (Å²) in [6.45, 7) is 1.27. The average Bonchev–Trinajstić information content (AvgIpc) is 3.55. The number of hydrogen-bond donors (Lipinski definition) is 2. The first kappa shape index (κ1) is 29.1. The lowest BCUT2D eigenvalue weighted by atomic mass is 10.1. The minimum Gasteiger partial charge on any atom is -0.364 e. The van der Waals surface area contributed by atoms with Crippen molar-refractivity contribution in [2.75, 3.05) is 11.9 Å². The number of amides is 1. The third-order valence-electron chi connectivity index (χ3n) is 6.52. The number of nitrogens with zero attached hydrogens (tertiary/aromatic N) is 3. The van der Waals surface area contributed by atoms with Gasteiger partial charge in [0.25, 0.3) is 15.9 Å². The van der Waals surface area contributed by atoms with Crippen molar-refractivity contribution in [1.29, 1.82) is 0 Å². The van der Waals surface area contributed by atoms with E-state index < -0.39 is 40.9 Å². The fourth-order valence-electron chi connectivity index (χ4n) is 4.46. The molecule has 13 heteroatoms. The van der Waals surface area contributed by atoms with Gasteiger partial charge in [-0.15, -0.1) is 11.3 Å². The maximum atomic E-state index is 14.4. The van der Waals surface area contributed by atoms with Crippen molar-refractivity contribution in [3.63, 3.8) is 0 Å². The summed E-state index contributed by atoms with van der Waals surface area (Å²) >= 11 is 6.63. The first-order chi connectivity index (χ1) is 19.5. The Morgan fingerprint density at radius 3 is 2.59 bits per heavy atom. The zero-order valence-electron chi connectivity index (χ0n) is 21.9. The van der Waals surface area contributed by atoms with Crippen LogP contribution in [0, 0.1) is 6.92 Å². The second-order valence-electron chi connectivity index (χ2n) is 9.69. The molecule has 4 aromatic rings. The summed E-state index contributed by atoms with van der Waals surface area (Å²) in [5.41, 5.74) is 4.04. The Labute approximate surface area is 245 Å². The highest BCUT2D eigenvalue weighted by Crippen LogP contribution is 2.38. The van der Waals surface area contributed by atoms with Crippen molar-refractivity contribution in [3.8, 4) is 11.3 Å². The Bertz CT molecular complexity index is 1650. The van der Waals surface area contributed by atoms with Crippen LogP contribution in [0.2, 0.25) is 4.34 Å². The highest BCUT2D eigenvalue weighted by molar-refractivity contribution is 7.91. The molecule has 0 radical (unpaired) electrons. The predicted octanol–water partition coefficient (Wildman–Crippen LogP) is 5.49. The van der Waals surface area contributed by atoms with E-state index in [-0.39, 0.29) is 15.1 Å². The van der Waals surface area contributed by atoms with E-state index in [0.717, 1.165) is 28.2 Å². The van der Waals surface area contributed by atoms with E-state index in [1.165, 1.54) is 12.1 Å². The van der Waals surface area contributed by atoms with E-state index >= 15 is 0 Å². The monoisotopic (exact) mass is 617 g/mol. The van der Waals surface area contributed by atoms with Gasteiger partial charge >= 0.3 is 0 Å². The maximum Gasteiger partial charge on any atom is 0.263 e. The summed E-state index contributed by atoms with van der Waals surface area (Å²) in [5.74, 6) is -3.64. The molecule has 41 heavy (non-hydrogen) atoms. The lowest BCUT2D eigenvalue weighted by Gasteiger charge is -2.22. The zero-order valence-corrected chi connectivity index (χ0v) is 24.2. The molecule has 3 aromatic heterocycles. The third kappa shape index (κ3) is 6.89. The van der Waals surface area contributed by atoms with Crippen LogP contribution in [0.5, 0.6) is 0 Å². The standard InChI is InChI=1S/C28H26ClF2N5O3S2/c1-18-5-7-20(8-6-18)22-12-19(13-25(35-22)33-16-21-4-2-3-11-32-21)15-34-27(37)23-14-28(30,31)17-36(23)41(38,39)26-10-9-24(29)40-26/h2-13,23H,14-17H2,1H3,(H,33,35)(H,34,37)/t23-/m0/s1. The Morgan fingerprint density at radius 2 is 1.90 bits per heavy atom. The Morgan fingerprint density at radius 1 is 1.12 bits per heavy atom. The molecular formula is C28H26ClF2N5O3S2. The summed E-state index contributed by atoms with van der Waals surface area (Å²) in [6.07, 6.45) is 0.774. The normalized spacial score (nSPS) is 16.9. The summed E-state index contributed by atoms with van der Waals surface area (Å²) in [6, 6.07) is 17.9. The number of aromatic nitrogens is 2. The fourth-order valence-corrected chi connectivity index (χ4v) is 7.69. The quantitative estimate of drug-likeness (QED) is 0.257. The van der Waals surface area contributed by atoms with Crippen LogP contribution in [-0.4, -0.2) is 47.1 Å². The SMILES string of the molecule is Cc1ccc(-c2cc(CNC(=O)[C@@H]3CC(F)(F)CN3S(=O)(=O)c3ccc(Cl)s3)cc(NCc3ccccn3)n2)cc1. The van der Waals surface area contributed by atoms with Crippen molar-refractivity contribution in [1.82, 2.24) is 19.6 Å². The van der Waals surface area contributed by atoms with Crippen LogP contribution in [0.25, 0.3) is 11.3 Å². The molecular weight excluding hydrogens is 592 g/mol. The fraction of sp³-hybridized carbons (Fsp3) is 0.250. The number of rotatable bonds is 9. The summed E-state index contributed by atoms with van der Waals surface area (Å²) in [7, 11) is -4.35. The number of pyridine rings is 2. The number of carbonyl (C=O) groups is 1. The number of aryl methyl sites for hydroxylation is 1. The first-order valence-corrected chi connectivity index (χ1v) is 15.3. The van der Waals surface area contributed by atoms with Crippen LogP contribution < -0.4 is 10.6 Å². The molecule has 214 valence electrons. The lowest BCUT2D eigenvalue weighted by molar-refractivity contribution is -0.124. The van der Waals surface area contributed by atoms with Crippen LogP contribution in [0.1, 0.15) is 23.2 Å². The molecule has 1 aromatic carbocycles. The Balaban J connectivity index is 1.37. The minimum absolute atomic E-state index is 0.0285. The third-order valence-corrected chi connectivity index (χ3v) is 10.1. The van der Waals surface area contributed by atoms with Gasteiger partial charge in [-0.1, -0.05) is 47.5 Å². The highest BCUT2D eigenvalue weighted by Gasteiger charge is 2.53. The van der Waals surface area contributed by atoms with Crippen LogP contribution in [0.4, 0.5) is 14.6 Å². The molecule has 1 amide bonds. The topological polar surface area (TPSA) is 104 Å². The second-order valence-corrected chi connectivity index (χ2v) is 13.5. The number of thiophene rings is 1. The van der Waals surface area contributed by atoms with Gasteiger partial charge < -0.3 is 10.6 Å². The Hall–Kier alpha value is -3.45. The van der Waals surface area contributed by atoms with Crippen molar-refractivity contribution >= 4 is 44.7 Å². The average molecular weight is 618 g/mol. The maximum absolute atomic E-state index is 14.4. The molecule has 4 heterocycles. The van der Waals surface area contributed by atoms with E-state index in [1.54, 1.807) is 18.3 Å². The molecule has 1 fully saturated rings. The Kier molecular flexibility index (Phi) is 8.37. The summed E-state index contributed by atoms with van der Waals surface area (Å²) in [4.78, 5) is 22.2. The minimum atomic E-state index is -4.35.